The zero-order valence-electron chi connectivity index (χ0n) is 13.0. The molecule has 1 amide bonds. The van der Waals surface area contributed by atoms with Gasteiger partial charge < -0.3 is 10.5 Å². The Morgan fingerprint density at radius 1 is 1.43 bits per heavy atom. The number of benzene rings is 1. The number of hydrogen-bond acceptors (Lipinski definition) is 3. The highest BCUT2D eigenvalue weighted by Gasteiger charge is 2.48. The van der Waals surface area contributed by atoms with Gasteiger partial charge in [-0.1, -0.05) is 17.7 Å². The fourth-order valence-electron chi connectivity index (χ4n) is 2.52. The first-order chi connectivity index (χ1) is 9.64. The molecule has 0 saturated heterocycles. The highest BCUT2D eigenvalue weighted by atomic mass is 35.5. The van der Waals surface area contributed by atoms with E-state index in [-0.39, 0.29) is 11.5 Å². The molecule has 5 heteroatoms. The highest BCUT2D eigenvalue weighted by Crippen LogP contribution is 2.52. The Balaban J connectivity index is 2.12. The standard InChI is InChI=1S/C16H23ClN2O2/c1-10(18)16(7-8-16)12-6-5-11(9-13(12)17)19-14(20)21-15(2,3)4/h5-6,9-10H,7-8,18H2,1-4H3,(H,19,20). The molecule has 1 fully saturated rings. The van der Waals surface area contributed by atoms with Crippen LogP contribution in [0, 0.1) is 0 Å². The van der Waals surface area contributed by atoms with Crippen molar-refractivity contribution >= 4 is 23.4 Å². The second-order valence-corrected chi connectivity index (χ2v) is 7.17. The van der Waals surface area contributed by atoms with Gasteiger partial charge in [-0.15, -0.1) is 0 Å². The van der Waals surface area contributed by atoms with Crippen LogP contribution in [0.5, 0.6) is 0 Å². The molecule has 0 spiro atoms. The van der Waals surface area contributed by atoms with Gasteiger partial charge in [0.25, 0.3) is 0 Å². The van der Waals surface area contributed by atoms with Crippen molar-refractivity contribution < 1.29 is 9.53 Å². The number of halogens is 1. The van der Waals surface area contributed by atoms with Crippen LogP contribution in [0.1, 0.15) is 46.1 Å². The van der Waals surface area contributed by atoms with Crippen LogP contribution in [-0.4, -0.2) is 17.7 Å². The minimum Gasteiger partial charge on any atom is -0.444 e. The maximum absolute atomic E-state index is 11.7. The summed E-state index contributed by atoms with van der Waals surface area (Å²) in [5, 5.41) is 3.33. The Kier molecular flexibility index (Phi) is 4.22. The largest absolute Gasteiger partial charge is 0.444 e. The van der Waals surface area contributed by atoms with Gasteiger partial charge in [0.1, 0.15) is 5.60 Å². The van der Waals surface area contributed by atoms with Gasteiger partial charge in [-0.25, -0.2) is 4.79 Å². The first-order valence-corrected chi connectivity index (χ1v) is 7.57. The fraction of sp³-hybridized carbons (Fsp3) is 0.562. The molecule has 0 radical (unpaired) electrons. The third kappa shape index (κ3) is 3.69. The van der Waals surface area contributed by atoms with Gasteiger partial charge in [0.05, 0.1) is 0 Å². The number of nitrogens with two attached hydrogens (primary N) is 1. The molecule has 0 aromatic heterocycles. The Hall–Kier alpha value is -1.26. The number of rotatable bonds is 3. The number of nitrogens with one attached hydrogen (secondary N) is 1. The first kappa shape index (κ1) is 16.1. The minimum atomic E-state index is -0.527. The topological polar surface area (TPSA) is 64.3 Å². The van der Waals surface area contributed by atoms with Gasteiger partial charge in [-0.2, -0.15) is 0 Å². The van der Waals surface area contributed by atoms with Gasteiger partial charge in [0.15, 0.2) is 0 Å². The van der Waals surface area contributed by atoms with Crippen molar-refractivity contribution in [2.45, 2.75) is 57.6 Å². The molecule has 116 valence electrons. The zero-order valence-corrected chi connectivity index (χ0v) is 13.8. The summed E-state index contributed by atoms with van der Waals surface area (Å²) in [6.07, 6.45) is 1.63. The molecule has 1 unspecified atom stereocenters. The maximum Gasteiger partial charge on any atom is 0.412 e. The van der Waals surface area contributed by atoms with Crippen molar-refractivity contribution in [2.75, 3.05) is 5.32 Å². The number of carbonyl (C=O) groups excluding carboxylic acids is 1. The average molecular weight is 311 g/mol. The molecule has 1 aromatic rings. The lowest BCUT2D eigenvalue weighted by molar-refractivity contribution is 0.0636. The second kappa shape index (κ2) is 5.50. The summed E-state index contributed by atoms with van der Waals surface area (Å²) in [6.45, 7) is 7.47. The van der Waals surface area contributed by atoms with E-state index in [1.165, 1.54) is 0 Å². The molecule has 2 rings (SSSR count). The van der Waals surface area contributed by atoms with Crippen molar-refractivity contribution in [1.82, 2.24) is 0 Å². The summed E-state index contributed by atoms with van der Waals surface area (Å²) in [6, 6.07) is 5.61. The van der Waals surface area contributed by atoms with E-state index in [9.17, 15) is 4.79 Å². The highest BCUT2D eigenvalue weighted by molar-refractivity contribution is 6.31. The maximum atomic E-state index is 11.7. The molecule has 0 bridgehead atoms. The molecule has 1 atom stereocenters. The molecule has 4 nitrogen and oxygen atoms in total. The molecule has 1 saturated carbocycles. The van der Waals surface area contributed by atoms with Gasteiger partial charge >= 0.3 is 6.09 Å². The molecule has 21 heavy (non-hydrogen) atoms. The summed E-state index contributed by atoms with van der Waals surface area (Å²) < 4.78 is 5.22. The van der Waals surface area contributed by atoms with Gasteiger partial charge in [-0.05, 0) is 58.2 Å². The van der Waals surface area contributed by atoms with Gasteiger partial charge in [-0.3, -0.25) is 5.32 Å². The van der Waals surface area contributed by atoms with E-state index in [1.807, 2.05) is 39.8 Å². The third-order valence-corrected chi connectivity index (χ3v) is 4.12. The number of anilines is 1. The van der Waals surface area contributed by atoms with Crippen molar-refractivity contribution in [2.24, 2.45) is 5.73 Å². The molecular weight excluding hydrogens is 288 g/mol. The van der Waals surface area contributed by atoms with E-state index in [4.69, 9.17) is 22.1 Å². The fourth-order valence-corrected chi connectivity index (χ4v) is 2.89. The molecule has 0 heterocycles. The van der Waals surface area contributed by atoms with Crippen molar-refractivity contribution in [3.05, 3.63) is 28.8 Å². The molecule has 3 N–H and O–H groups in total. The van der Waals surface area contributed by atoms with Crippen LogP contribution in [0.25, 0.3) is 0 Å². The Bertz CT molecular complexity index is 546. The Labute approximate surface area is 131 Å². The second-order valence-electron chi connectivity index (χ2n) is 6.77. The lowest BCUT2D eigenvalue weighted by Crippen LogP contribution is -2.31. The quantitative estimate of drug-likeness (QED) is 0.884. The van der Waals surface area contributed by atoms with Crippen LogP contribution in [0.4, 0.5) is 10.5 Å². The van der Waals surface area contributed by atoms with Crippen molar-refractivity contribution in [1.29, 1.82) is 0 Å². The van der Waals surface area contributed by atoms with E-state index in [2.05, 4.69) is 5.32 Å². The normalized spacial score (nSPS) is 18.0. The number of hydrogen-bond donors (Lipinski definition) is 2. The van der Waals surface area contributed by atoms with E-state index in [0.29, 0.717) is 10.7 Å². The summed E-state index contributed by atoms with van der Waals surface area (Å²) in [5.41, 5.74) is 7.24. The number of carbonyl (C=O) groups is 1. The van der Waals surface area contributed by atoms with Crippen LogP contribution in [-0.2, 0) is 10.2 Å². The number of amides is 1. The van der Waals surface area contributed by atoms with E-state index < -0.39 is 11.7 Å². The zero-order chi connectivity index (χ0) is 15.8. The Morgan fingerprint density at radius 3 is 2.48 bits per heavy atom. The Morgan fingerprint density at radius 2 is 2.05 bits per heavy atom. The monoisotopic (exact) mass is 310 g/mol. The van der Waals surface area contributed by atoms with Crippen LogP contribution in [0.2, 0.25) is 5.02 Å². The van der Waals surface area contributed by atoms with E-state index in [0.717, 1.165) is 18.4 Å². The van der Waals surface area contributed by atoms with E-state index in [1.54, 1.807) is 6.07 Å². The summed E-state index contributed by atoms with van der Waals surface area (Å²) >= 11 is 6.37. The summed E-state index contributed by atoms with van der Waals surface area (Å²) in [4.78, 5) is 11.7. The average Bonchev–Trinajstić information content (AvgIpc) is 3.07. The van der Waals surface area contributed by atoms with Crippen LogP contribution < -0.4 is 11.1 Å². The van der Waals surface area contributed by atoms with Crippen LogP contribution in [0.3, 0.4) is 0 Å². The van der Waals surface area contributed by atoms with Gasteiger partial charge in [0, 0.05) is 22.2 Å². The van der Waals surface area contributed by atoms with Crippen LogP contribution >= 0.6 is 11.6 Å². The molecule has 1 aliphatic rings. The lowest BCUT2D eigenvalue weighted by atomic mass is 9.89. The third-order valence-electron chi connectivity index (χ3n) is 3.81. The predicted molar refractivity (Wildman–Crippen MR) is 85.9 cm³/mol. The van der Waals surface area contributed by atoms with Gasteiger partial charge in [0.2, 0.25) is 0 Å². The first-order valence-electron chi connectivity index (χ1n) is 7.20. The molecular formula is C16H23ClN2O2. The summed E-state index contributed by atoms with van der Waals surface area (Å²) in [5.74, 6) is 0. The number of ether oxygens (including phenoxy) is 1. The van der Waals surface area contributed by atoms with Crippen LogP contribution in [0.15, 0.2) is 18.2 Å². The van der Waals surface area contributed by atoms with Crippen molar-refractivity contribution in [3.8, 4) is 0 Å². The minimum absolute atomic E-state index is 0.00152. The lowest BCUT2D eigenvalue weighted by Gasteiger charge is -2.22. The smallest absolute Gasteiger partial charge is 0.412 e. The molecule has 1 aliphatic carbocycles. The SMILES string of the molecule is CC(N)C1(c2ccc(NC(=O)OC(C)(C)C)cc2Cl)CC1. The molecule has 1 aromatic carbocycles. The molecule has 0 aliphatic heterocycles. The van der Waals surface area contributed by atoms with Crippen molar-refractivity contribution in [3.63, 3.8) is 0 Å². The summed E-state index contributed by atoms with van der Waals surface area (Å²) in [7, 11) is 0. The van der Waals surface area contributed by atoms with E-state index >= 15 is 0 Å². The predicted octanol–water partition coefficient (Wildman–Crippen LogP) is 4.07.